The second-order valence-corrected chi connectivity index (χ2v) is 6.31. The third-order valence-corrected chi connectivity index (χ3v) is 3.33. The fourth-order valence-electron chi connectivity index (χ4n) is 2.31. The third kappa shape index (κ3) is 4.56. The molecule has 0 spiro atoms. The normalized spacial score (nSPS) is 18.4. The number of carbonyl (C=O) groups is 1. The summed E-state index contributed by atoms with van der Waals surface area (Å²) in [6.07, 6.45) is 3.87. The van der Waals surface area contributed by atoms with Gasteiger partial charge in [-0.3, -0.25) is 4.98 Å². The van der Waals surface area contributed by atoms with Crippen molar-refractivity contribution in [3.63, 3.8) is 0 Å². The Labute approximate surface area is 131 Å². The molecule has 0 unspecified atom stereocenters. The Kier molecular flexibility index (Phi) is 5.18. The number of aromatic nitrogens is 2. The largest absolute Gasteiger partial charge is 0.480 e. The predicted octanol–water partition coefficient (Wildman–Crippen LogP) is 1.58. The van der Waals surface area contributed by atoms with Crippen molar-refractivity contribution in [3.8, 4) is 5.88 Å². The highest BCUT2D eigenvalue weighted by atomic mass is 16.6. The highest BCUT2D eigenvalue weighted by molar-refractivity contribution is 5.68. The number of ether oxygens (including phenoxy) is 2. The van der Waals surface area contributed by atoms with E-state index < -0.39 is 5.60 Å². The van der Waals surface area contributed by atoms with Gasteiger partial charge in [-0.05, 0) is 27.2 Å². The highest BCUT2D eigenvalue weighted by Crippen LogP contribution is 2.16. The zero-order valence-electron chi connectivity index (χ0n) is 13.6. The molecule has 1 aliphatic heterocycles. The standard InChI is InChI=1S/C15H24N4O3/c1-15(2,3)22-14(20)19-8-5-11(10-19)18-9-12-13(21-4)17-7-6-16-12/h6-7,11,18H,5,8-10H2,1-4H3/t11-/m0/s1. The van der Waals surface area contributed by atoms with Crippen LogP contribution in [0.5, 0.6) is 5.88 Å². The van der Waals surface area contributed by atoms with Crippen LogP contribution in [-0.2, 0) is 11.3 Å². The van der Waals surface area contributed by atoms with Gasteiger partial charge in [-0.15, -0.1) is 0 Å². The van der Waals surface area contributed by atoms with Crippen molar-refractivity contribution in [3.05, 3.63) is 18.1 Å². The first kappa shape index (κ1) is 16.5. The molecule has 1 aliphatic rings. The van der Waals surface area contributed by atoms with Gasteiger partial charge in [0, 0.05) is 38.1 Å². The van der Waals surface area contributed by atoms with Crippen LogP contribution < -0.4 is 10.1 Å². The highest BCUT2D eigenvalue weighted by Gasteiger charge is 2.29. The first-order chi connectivity index (χ1) is 10.4. The molecule has 1 fully saturated rings. The number of amides is 1. The Balaban J connectivity index is 1.83. The average molecular weight is 308 g/mol. The number of carbonyl (C=O) groups excluding carboxylic acids is 1. The van der Waals surface area contributed by atoms with Crippen molar-refractivity contribution in [1.29, 1.82) is 0 Å². The van der Waals surface area contributed by atoms with Crippen LogP contribution in [0.4, 0.5) is 4.79 Å². The number of rotatable bonds is 4. The van der Waals surface area contributed by atoms with Gasteiger partial charge in [0.05, 0.1) is 7.11 Å². The Hall–Kier alpha value is -1.89. The minimum atomic E-state index is -0.463. The maximum atomic E-state index is 12.0. The van der Waals surface area contributed by atoms with Crippen molar-refractivity contribution < 1.29 is 14.3 Å². The molecule has 1 saturated heterocycles. The van der Waals surface area contributed by atoms with E-state index in [0.717, 1.165) is 12.1 Å². The second kappa shape index (κ2) is 6.91. The molecule has 1 aromatic heterocycles. The molecule has 0 aliphatic carbocycles. The lowest BCUT2D eigenvalue weighted by Crippen LogP contribution is -2.38. The maximum absolute atomic E-state index is 12.0. The molecule has 22 heavy (non-hydrogen) atoms. The summed E-state index contributed by atoms with van der Waals surface area (Å²) in [5, 5.41) is 3.39. The maximum Gasteiger partial charge on any atom is 0.410 e. The number of methoxy groups -OCH3 is 1. The fraction of sp³-hybridized carbons (Fsp3) is 0.667. The van der Waals surface area contributed by atoms with Crippen molar-refractivity contribution >= 4 is 6.09 Å². The minimum absolute atomic E-state index is 0.222. The summed E-state index contributed by atoms with van der Waals surface area (Å²) < 4.78 is 10.6. The van der Waals surface area contributed by atoms with E-state index in [1.807, 2.05) is 20.8 Å². The number of hydrogen-bond donors (Lipinski definition) is 1. The molecule has 1 aromatic rings. The summed E-state index contributed by atoms with van der Waals surface area (Å²) >= 11 is 0. The van der Waals surface area contributed by atoms with E-state index in [2.05, 4.69) is 15.3 Å². The van der Waals surface area contributed by atoms with E-state index in [4.69, 9.17) is 9.47 Å². The van der Waals surface area contributed by atoms with Crippen molar-refractivity contribution in [1.82, 2.24) is 20.2 Å². The molecule has 2 heterocycles. The lowest BCUT2D eigenvalue weighted by Gasteiger charge is -2.24. The van der Waals surface area contributed by atoms with Gasteiger partial charge in [0.2, 0.25) is 5.88 Å². The van der Waals surface area contributed by atoms with E-state index in [1.54, 1.807) is 24.4 Å². The molecular formula is C15H24N4O3. The minimum Gasteiger partial charge on any atom is -0.480 e. The van der Waals surface area contributed by atoms with Crippen LogP contribution in [0.3, 0.4) is 0 Å². The van der Waals surface area contributed by atoms with Gasteiger partial charge in [0.15, 0.2) is 0 Å². The van der Waals surface area contributed by atoms with Crippen LogP contribution in [0.1, 0.15) is 32.9 Å². The van der Waals surface area contributed by atoms with Gasteiger partial charge in [-0.2, -0.15) is 0 Å². The van der Waals surface area contributed by atoms with Crippen molar-refractivity contribution in [2.45, 2.75) is 45.4 Å². The van der Waals surface area contributed by atoms with E-state index in [1.165, 1.54) is 0 Å². The smallest absolute Gasteiger partial charge is 0.410 e. The predicted molar refractivity (Wildman–Crippen MR) is 81.6 cm³/mol. The number of hydrogen-bond acceptors (Lipinski definition) is 6. The van der Waals surface area contributed by atoms with Crippen molar-refractivity contribution in [2.24, 2.45) is 0 Å². The fourth-order valence-corrected chi connectivity index (χ4v) is 2.31. The topological polar surface area (TPSA) is 76.6 Å². The van der Waals surface area contributed by atoms with Crippen LogP contribution in [0.15, 0.2) is 12.4 Å². The van der Waals surface area contributed by atoms with Gasteiger partial charge in [-0.25, -0.2) is 9.78 Å². The molecule has 122 valence electrons. The third-order valence-electron chi connectivity index (χ3n) is 3.33. The molecule has 0 aromatic carbocycles. The molecule has 1 atom stereocenters. The second-order valence-electron chi connectivity index (χ2n) is 6.31. The zero-order chi connectivity index (χ0) is 16.2. The summed E-state index contributed by atoms with van der Waals surface area (Å²) in [6, 6.07) is 0.222. The van der Waals surface area contributed by atoms with Gasteiger partial charge >= 0.3 is 6.09 Å². The van der Waals surface area contributed by atoms with Gasteiger partial charge < -0.3 is 19.7 Å². The molecule has 1 N–H and O–H groups in total. The Morgan fingerprint density at radius 1 is 1.41 bits per heavy atom. The van der Waals surface area contributed by atoms with Crippen LogP contribution in [0.2, 0.25) is 0 Å². The summed E-state index contributed by atoms with van der Waals surface area (Å²) in [6.45, 7) is 7.51. The summed E-state index contributed by atoms with van der Waals surface area (Å²) in [7, 11) is 1.58. The number of nitrogens with one attached hydrogen (secondary N) is 1. The lowest BCUT2D eigenvalue weighted by atomic mass is 10.2. The van der Waals surface area contributed by atoms with Gasteiger partial charge in [0.1, 0.15) is 11.3 Å². The zero-order valence-corrected chi connectivity index (χ0v) is 13.6. The van der Waals surface area contributed by atoms with Gasteiger partial charge in [-0.1, -0.05) is 0 Å². The Morgan fingerprint density at radius 2 is 2.14 bits per heavy atom. The summed E-state index contributed by atoms with van der Waals surface area (Å²) in [4.78, 5) is 22.1. The lowest BCUT2D eigenvalue weighted by molar-refractivity contribution is 0.0291. The molecule has 7 nitrogen and oxygen atoms in total. The first-order valence-electron chi connectivity index (χ1n) is 7.44. The molecule has 1 amide bonds. The summed E-state index contributed by atoms with van der Waals surface area (Å²) in [5.74, 6) is 0.525. The molecule has 0 bridgehead atoms. The Morgan fingerprint density at radius 3 is 2.82 bits per heavy atom. The van der Waals surface area contributed by atoms with E-state index in [0.29, 0.717) is 25.5 Å². The van der Waals surface area contributed by atoms with E-state index >= 15 is 0 Å². The molecule has 0 saturated carbocycles. The quantitative estimate of drug-likeness (QED) is 0.910. The Bertz CT molecular complexity index is 516. The van der Waals surface area contributed by atoms with Crippen LogP contribution in [0.25, 0.3) is 0 Å². The van der Waals surface area contributed by atoms with Crippen LogP contribution >= 0.6 is 0 Å². The van der Waals surface area contributed by atoms with Crippen LogP contribution in [0, 0.1) is 0 Å². The molecular weight excluding hydrogens is 284 g/mol. The van der Waals surface area contributed by atoms with E-state index in [-0.39, 0.29) is 12.1 Å². The van der Waals surface area contributed by atoms with Gasteiger partial charge in [0.25, 0.3) is 0 Å². The number of likely N-dealkylation sites (tertiary alicyclic amines) is 1. The van der Waals surface area contributed by atoms with Crippen molar-refractivity contribution in [2.75, 3.05) is 20.2 Å². The van der Waals surface area contributed by atoms with E-state index in [9.17, 15) is 4.79 Å². The van der Waals surface area contributed by atoms with Crippen LogP contribution in [-0.4, -0.2) is 52.8 Å². The first-order valence-corrected chi connectivity index (χ1v) is 7.44. The molecule has 0 radical (unpaired) electrons. The average Bonchev–Trinajstić information content (AvgIpc) is 2.92. The SMILES string of the molecule is COc1nccnc1CN[C@H]1CCN(C(=O)OC(C)(C)C)C1. The summed E-state index contributed by atoms with van der Waals surface area (Å²) in [5.41, 5.74) is 0.302. The molecule has 7 heteroatoms. The number of nitrogens with zero attached hydrogens (tertiary/aromatic N) is 3. The molecule has 2 rings (SSSR count). The monoisotopic (exact) mass is 308 g/mol.